The Balaban J connectivity index is 2.02. The molecule has 0 atom stereocenters. The van der Waals surface area contributed by atoms with E-state index in [1.165, 1.54) is 6.07 Å². The highest BCUT2D eigenvalue weighted by atomic mass is 16.4. The Kier molecular flexibility index (Phi) is 4.12. The molecule has 0 unspecified atom stereocenters. The number of imidazole rings is 1. The SMILES string of the molecule is CCc1cc(C(Cc2nc3ccccc3n2C)=NO)c(O)cc1O. The Hall–Kier alpha value is -3.02. The highest BCUT2D eigenvalue weighted by Crippen LogP contribution is 2.29. The monoisotopic (exact) mass is 325 g/mol. The van der Waals surface area contributed by atoms with Crippen LogP contribution in [0.25, 0.3) is 11.0 Å². The van der Waals surface area contributed by atoms with Gasteiger partial charge in [-0.3, -0.25) is 0 Å². The lowest BCUT2D eigenvalue weighted by molar-refractivity contribution is 0.318. The van der Waals surface area contributed by atoms with Gasteiger partial charge in [0.25, 0.3) is 0 Å². The topological polar surface area (TPSA) is 90.9 Å². The lowest BCUT2D eigenvalue weighted by Crippen LogP contribution is -2.10. The van der Waals surface area contributed by atoms with Crippen LogP contribution in [0.1, 0.15) is 23.9 Å². The molecule has 6 heteroatoms. The Morgan fingerprint density at radius 1 is 1.17 bits per heavy atom. The van der Waals surface area contributed by atoms with E-state index >= 15 is 0 Å². The first-order valence-electron chi connectivity index (χ1n) is 7.71. The van der Waals surface area contributed by atoms with Crippen LogP contribution in [0.5, 0.6) is 11.5 Å². The largest absolute Gasteiger partial charge is 0.508 e. The predicted molar refractivity (Wildman–Crippen MR) is 91.9 cm³/mol. The van der Waals surface area contributed by atoms with Crippen LogP contribution in [0.2, 0.25) is 0 Å². The highest BCUT2D eigenvalue weighted by molar-refractivity contribution is 6.04. The van der Waals surface area contributed by atoms with Crippen molar-refractivity contribution >= 4 is 16.7 Å². The molecule has 0 saturated carbocycles. The van der Waals surface area contributed by atoms with Crippen molar-refractivity contribution in [3.05, 3.63) is 53.3 Å². The Morgan fingerprint density at radius 2 is 1.92 bits per heavy atom. The molecule has 0 spiro atoms. The summed E-state index contributed by atoms with van der Waals surface area (Å²) in [6, 6.07) is 10.7. The summed E-state index contributed by atoms with van der Waals surface area (Å²) in [6.07, 6.45) is 0.854. The average Bonchev–Trinajstić information content (AvgIpc) is 2.89. The molecule has 0 aliphatic rings. The summed E-state index contributed by atoms with van der Waals surface area (Å²) in [5, 5.41) is 32.7. The first kappa shape index (κ1) is 15.9. The van der Waals surface area contributed by atoms with Crippen molar-refractivity contribution in [2.75, 3.05) is 0 Å². The van der Waals surface area contributed by atoms with Crippen molar-refractivity contribution in [1.29, 1.82) is 0 Å². The van der Waals surface area contributed by atoms with Gasteiger partial charge in [-0.05, 0) is 30.2 Å². The number of benzene rings is 2. The normalized spacial score (nSPS) is 12.0. The second-order valence-corrected chi connectivity index (χ2v) is 5.65. The van der Waals surface area contributed by atoms with Crippen LogP contribution < -0.4 is 0 Å². The molecule has 0 amide bonds. The van der Waals surface area contributed by atoms with Gasteiger partial charge in [-0.2, -0.15) is 0 Å². The molecule has 0 fully saturated rings. The maximum Gasteiger partial charge on any atom is 0.128 e. The number of aromatic hydroxyl groups is 2. The van der Waals surface area contributed by atoms with Crippen molar-refractivity contribution < 1.29 is 15.4 Å². The molecule has 2 aromatic carbocycles. The molecule has 3 rings (SSSR count). The zero-order chi connectivity index (χ0) is 17.3. The van der Waals surface area contributed by atoms with E-state index in [-0.39, 0.29) is 17.9 Å². The van der Waals surface area contributed by atoms with E-state index in [1.807, 2.05) is 42.8 Å². The van der Waals surface area contributed by atoms with Crippen LogP contribution in [0.15, 0.2) is 41.6 Å². The van der Waals surface area contributed by atoms with E-state index in [2.05, 4.69) is 10.1 Å². The number of nitrogens with zero attached hydrogens (tertiary/aromatic N) is 3. The maximum atomic E-state index is 10.1. The third kappa shape index (κ3) is 2.67. The van der Waals surface area contributed by atoms with Crippen molar-refractivity contribution in [3.8, 4) is 11.5 Å². The van der Waals surface area contributed by atoms with Crippen LogP contribution in [0, 0.1) is 0 Å². The molecule has 1 aromatic heterocycles. The zero-order valence-corrected chi connectivity index (χ0v) is 13.6. The van der Waals surface area contributed by atoms with Gasteiger partial charge in [0, 0.05) is 18.7 Å². The van der Waals surface area contributed by atoms with Gasteiger partial charge in [0.2, 0.25) is 0 Å². The Morgan fingerprint density at radius 3 is 2.58 bits per heavy atom. The molecular weight excluding hydrogens is 306 g/mol. The van der Waals surface area contributed by atoms with Gasteiger partial charge in [0.15, 0.2) is 0 Å². The number of aromatic nitrogens is 2. The summed E-state index contributed by atoms with van der Waals surface area (Å²) in [6.45, 7) is 1.90. The zero-order valence-electron chi connectivity index (χ0n) is 13.6. The summed E-state index contributed by atoms with van der Waals surface area (Å²) in [5.41, 5.74) is 3.19. The van der Waals surface area contributed by atoms with E-state index in [0.29, 0.717) is 23.3 Å². The van der Waals surface area contributed by atoms with Gasteiger partial charge in [-0.25, -0.2) is 4.98 Å². The van der Waals surface area contributed by atoms with Crippen molar-refractivity contribution in [2.45, 2.75) is 19.8 Å². The fourth-order valence-electron chi connectivity index (χ4n) is 2.82. The number of rotatable bonds is 4. The van der Waals surface area contributed by atoms with E-state index in [1.54, 1.807) is 6.07 Å². The number of fused-ring (bicyclic) bond motifs is 1. The molecule has 124 valence electrons. The maximum absolute atomic E-state index is 10.1. The van der Waals surface area contributed by atoms with Crippen molar-refractivity contribution in [3.63, 3.8) is 0 Å². The minimum atomic E-state index is -0.128. The molecule has 3 N–H and O–H groups in total. The number of aryl methyl sites for hydroxylation is 2. The van der Waals surface area contributed by atoms with Gasteiger partial charge >= 0.3 is 0 Å². The summed E-state index contributed by atoms with van der Waals surface area (Å²) >= 11 is 0. The third-order valence-electron chi connectivity index (χ3n) is 4.21. The highest BCUT2D eigenvalue weighted by Gasteiger charge is 2.17. The van der Waals surface area contributed by atoms with Gasteiger partial charge in [0.05, 0.1) is 23.2 Å². The standard InChI is InChI=1S/C18H19N3O3/c1-3-11-8-12(17(23)10-16(11)22)14(20-24)9-18-19-13-6-4-5-7-15(13)21(18)2/h4-8,10,22-24H,3,9H2,1-2H3. The number of phenols is 2. The minimum absolute atomic E-state index is 0.0266. The molecule has 1 heterocycles. The van der Waals surface area contributed by atoms with Crippen LogP contribution in [-0.2, 0) is 19.9 Å². The Bertz CT molecular complexity index is 929. The molecule has 0 radical (unpaired) electrons. The summed E-state index contributed by atoms with van der Waals surface area (Å²) in [7, 11) is 1.90. The van der Waals surface area contributed by atoms with Gasteiger partial charge in [-0.15, -0.1) is 0 Å². The van der Waals surface area contributed by atoms with Crippen LogP contribution in [-0.4, -0.2) is 30.7 Å². The van der Waals surface area contributed by atoms with Gasteiger partial charge < -0.3 is 20.0 Å². The first-order chi connectivity index (χ1) is 11.5. The lowest BCUT2D eigenvalue weighted by Gasteiger charge is -2.10. The van der Waals surface area contributed by atoms with E-state index in [9.17, 15) is 15.4 Å². The first-order valence-corrected chi connectivity index (χ1v) is 7.71. The number of hydrogen-bond donors (Lipinski definition) is 3. The second kappa shape index (κ2) is 6.23. The summed E-state index contributed by atoms with van der Waals surface area (Å²) in [4.78, 5) is 4.56. The van der Waals surface area contributed by atoms with Crippen LogP contribution in [0.3, 0.4) is 0 Å². The van der Waals surface area contributed by atoms with Gasteiger partial charge in [0.1, 0.15) is 17.3 Å². The smallest absolute Gasteiger partial charge is 0.128 e. The second-order valence-electron chi connectivity index (χ2n) is 5.65. The quantitative estimate of drug-likeness (QED) is 0.391. The summed E-state index contributed by atoms with van der Waals surface area (Å²) in [5.74, 6) is 0.615. The Labute approximate surface area is 139 Å². The molecule has 3 aromatic rings. The number of para-hydroxylation sites is 2. The van der Waals surface area contributed by atoms with Gasteiger partial charge in [-0.1, -0.05) is 24.2 Å². The molecule has 0 aliphatic heterocycles. The van der Waals surface area contributed by atoms with E-state index in [4.69, 9.17) is 0 Å². The number of phenolic OH excluding ortho intramolecular Hbond substituents is 2. The fraction of sp³-hybridized carbons (Fsp3) is 0.222. The van der Waals surface area contributed by atoms with Crippen molar-refractivity contribution in [1.82, 2.24) is 9.55 Å². The molecule has 6 nitrogen and oxygen atoms in total. The fourth-order valence-corrected chi connectivity index (χ4v) is 2.82. The minimum Gasteiger partial charge on any atom is -0.508 e. The molecule has 0 aliphatic carbocycles. The molecule has 0 bridgehead atoms. The summed E-state index contributed by atoms with van der Waals surface area (Å²) < 4.78 is 1.93. The third-order valence-corrected chi connectivity index (χ3v) is 4.21. The van der Waals surface area contributed by atoms with Crippen LogP contribution >= 0.6 is 0 Å². The lowest BCUT2D eigenvalue weighted by atomic mass is 10.0. The average molecular weight is 325 g/mol. The predicted octanol–water partition coefficient (Wildman–Crippen LogP) is 2.97. The van der Waals surface area contributed by atoms with E-state index < -0.39 is 0 Å². The van der Waals surface area contributed by atoms with Crippen molar-refractivity contribution in [2.24, 2.45) is 12.2 Å². The molecule has 0 saturated heterocycles. The number of oxime groups is 1. The van der Waals surface area contributed by atoms with Crippen LogP contribution in [0.4, 0.5) is 0 Å². The number of hydrogen-bond acceptors (Lipinski definition) is 5. The molecular formula is C18H19N3O3. The molecule has 24 heavy (non-hydrogen) atoms. The van der Waals surface area contributed by atoms with E-state index in [0.717, 1.165) is 16.9 Å².